The molecule has 9 nitrogen and oxygen atoms in total. The predicted octanol–water partition coefficient (Wildman–Crippen LogP) is 7.58. The van der Waals surface area contributed by atoms with Crippen LogP contribution in [-0.4, -0.2) is 50.9 Å². The lowest BCUT2D eigenvalue weighted by molar-refractivity contribution is 0.304. The molecule has 6 aromatic rings. The molecule has 0 radical (unpaired) electrons. The van der Waals surface area contributed by atoms with Crippen molar-refractivity contribution in [1.29, 1.82) is 0 Å². The third kappa shape index (κ3) is 7.09. The Bertz CT molecular complexity index is 2450. The maximum atomic E-state index is 15.3. The zero-order valence-electron chi connectivity index (χ0n) is 28.5. The number of benzene rings is 4. The second-order valence-corrected chi connectivity index (χ2v) is 15.6. The van der Waals surface area contributed by atoms with Crippen molar-refractivity contribution in [2.75, 3.05) is 21.3 Å². The van der Waals surface area contributed by atoms with Gasteiger partial charge in [-0.25, -0.2) is 51.1 Å². The number of nitrogens with zero attached hydrogens (tertiary/aromatic N) is 3. The van der Waals surface area contributed by atoms with Crippen LogP contribution in [0.3, 0.4) is 0 Å². The maximum absolute atomic E-state index is 15.3. The summed E-state index contributed by atoms with van der Waals surface area (Å²) in [6, 6.07) is 13.3. The topological polar surface area (TPSA) is 99.8 Å². The van der Waals surface area contributed by atoms with Crippen LogP contribution < -0.4 is 9.47 Å². The molecule has 0 aliphatic heterocycles. The molecule has 0 bridgehead atoms. The molecule has 0 aliphatic carbocycles. The van der Waals surface area contributed by atoms with Crippen LogP contribution in [0.4, 0.5) is 26.3 Å². The first-order valence-corrected chi connectivity index (χ1v) is 18.6. The molecule has 0 unspecified atom stereocenters. The van der Waals surface area contributed by atoms with E-state index in [0.717, 1.165) is 73.1 Å². The fourth-order valence-corrected chi connectivity index (χ4v) is 8.91. The SMILES string of the molecule is COc1c(CN(C)Cc2cn(S(=O)(=O)c3cccc(F)c3)c(-c3ccc(F)cc3F)c2OC)cn(S(=O)(=O)c2cccc(F)c2)c1-c1ccc(F)cc1F. The molecule has 0 N–H and O–H groups in total. The number of methoxy groups -OCH3 is 2. The Morgan fingerprint density at radius 2 is 0.926 bits per heavy atom. The summed E-state index contributed by atoms with van der Waals surface area (Å²) in [7, 11) is -5.31. The van der Waals surface area contributed by atoms with Gasteiger partial charge in [-0.15, -0.1) is 0 Å². The van der Waals surface area contributed by atoms with Crippen LogP contribution >= 0.6 is 0 Å². The van der Waals surface area contributed by atoms with Gasteiger partial charge in [-0.2, -0.15) is 0 Å². The average molecular weight is 790 g/mol. The molecule has 6 rings (SSSR count). The normalized spacial score (nSPS) is 12.0. The maximum Gasteiger partial charge on any atom is 0.268 e. The highest BCUT2D eigenvalue weighted by Crippen LogP contribution is 2.42. The highest BCUT2D eigenvalue weighted by molar-refractivity contribution is 7.90. The summed E-state index contributed by atoms with van der Waals surface area (Å²) in [5.41, 5.74) is -1.07. The summed E-state index contributed by atoms with van der Waals surface area (Å²) in [6.07, 6.45) is 2.26. The lowest BCUT2D eigenvalue weighted by Crippen LogP contribution is -2.18. The average Bonchev–Trinajstić information content (AvgIpc) is 3.66. The molecule has 0 fully saturated rings. The van der Waals surface area contributed by atoms with Crippen LogP contribution in [0.15, 0.2) is 107 Å². The molecule has 54 heavy (non-hydrogen) atoms. The van der Waals surface area contributed by atoms with Crippen molar-refractivity contribution < 1.29 is 52.7 Å². The van der Waals surface area contributed by atoms with Gasteiger partial charge in [-0.1, -0.05) is 12.1 Å². The first-order chi connectivity index (χ1) is 25.6. The Kier molecular flexibility index (Phi) is 10.4. The van der Waals surface area contributed by atoms with Crippen molar-refractivity contribution in [1.82, 2.24) is 12.8 Å². The van der Waals surface area contributed by atoms with Crippen LogP contribution in [0, 0.1) is 34.9 Å². The molecule has 0 aliphatic rings. The molecular weight excluding hydrogens is 761 g/mol. The Morgan fingerprint density at radius 3 is 1.26 bits per heavy atom. The summed E-state index contributed by atoms with van der Waals surface area (Å²) in [4.78, 5) is 0.605. The van der Waals surface area contributed by atoms with E-state index in [-0.39, 0.29) is 58.2 Å². The van der Waals surface area contributed by atoms with E-state index >= 15 is 8.78 Å². The highest BCUT2D eigenvalue weighted by atomic mass is 32.2. The van der Waals surface area contributed by atoms with Gasteiger partial charge in [0.15, 0.2) is 0 Å². The van der Waals surface area contributed by atoms with Gasteiger partial charge in [0.05, 0.1) is 24.0 Å². The van der Waals surface area contributed by atoms with E-state index < -0.39 is 64.7 Å². The van der Waals surface area contributed by atoms with Crippen LogP contribution in [-0.2, 0) is 33.1 Å². The minimum atomic E-state index is -4.63. The quantitative estimate of drug-likeness (QED) is 0.118. The first kappa shape index (κ1) is 38.2. The molecular formula is C37H29F6N3O6S2. The fourth-order valence-electron chi connectivity index (χ4n) is 6.06. The lowest BCUT2D eigenvalue weighted by atomic mass is 10.1. The second-order valence-electron chi connectivity index (χ2n) is 12.0. The van der Waals surface area contributed by atoms with E-state index in [2.05, 4.69) is 0 Å². The van der Waals surface area contributed by atoms with E-state index in [0.29, 0.717) is 20.1 Å². The Morgan fingerprint density at radius 1 is 0.556 bits per heavy atom. The third-order valence-electron chi connectivity index (χ3n) is 8.37. The third-order valence-corrected chi connectivity index (χ3v) is 11.7. The molecule has 2 heterocycles. The summed E-state index contributed by atoms with van der Waals surface area (Å²) in [5, 5.41) is 0. The van der Waals surface area contributed by atoms with E-state index in [1.807, 2.05) is 0 Å². The van der Waals surface area contributed by atoms with Crippen molar-refractivity contribution >= 4 is 20.0 Å². The number of hydrogen-bond acceptors (Lipinski definition) is 7. The summed E-state index contributed by atoms with van der Waals surface area (Å²) in [5.74, 6) is -6.09. The van der Waals surface area contributed by atoms with E-state index in [1.54, 1.807) is 11.9 Å². The zero-order chi connectivity index (χ0) is 39.1. The predicted molar refractivity (Wildman–Crippen MR) is 186 cm³/mol. The van der Waals surface area contributed by atoms with Crippen molar-refractivity contribution in [3.05, 3.63) is 143 Å². The summed E-state index contributed by atoms with van der Waals surface area (Å²) >= 11 is 0. The van der Waals surface area contributed by atoms with Crippen molar-refractivity contribution in [3.63, 3.8) is 0 Å². The minimum Gasteiger partial charge on any atom is -0.494 e. The smallest absolute Gasteiger partial charge is 0.268 e. The molecule has 282 valence electrons. The van der Waals surface area contributed by atoms with Gasteiger partial charge in [-0.05, 0) is 67.7 Å². The molecule has 0 spiro atoms. The van der Waals surface area contributed by atoms with Crippen molar-refractivity contribution in [2.45, 2.75) is 22.9 Å². The Hall–Kier alpha value is -5.52. The number of halogens is 6. The monoisotopic (exact) mass is 789 g/mol. The first-order valence-electron chi connectivity index (χ1n) is 15.7. The number of hydrogen-bond donors (Lipinski definition) is 0. The van der Waals surface area contributed by atoms with E-state index in [9.17, 15) is 34.4 Å². The molecule has 2 aromatic heterocycles. The van der Waals surface area contributed by atoms with E-state index in [1.165, 1.54) is 26.4 Å². The molecule has 17 heteroatoms. The van der Waals surface area contributed by atoms with Crippen LogP contribution in [0.5, 0.6) is 11.5 Å². The van der Waals surface area contributed by atoms with Crippen LogP contribution in [0.1, 0.15) is 11.1 Å². The molecule has 0 saturated heterocycles. The number of aromatic nitrogens is 2. The lowest BCUT2D eigenvalue weighted by Gasteiger charge is -2.17. The molecule has 0 atom stereocenters. The summed E-state index contributed by atoms with van der Waals surface area (Å²) in [6.45, 7) is -0.342. The molecule has 0 saturated carbocycles. The number of ether oxygens (including phenoxy) is 2. The van der Waals surface area contributed by atoms with Gasteiger partial charge >= 0.3 is 0 Å². The summed E-state index contributed by atoms with van der Waals surface area (Å²) < 4.78 is 155. The van der Waals surface area contributed by atoms with Gasteiger partial charge in [0.1, 0.15) is 57.8 Å². The van der Waals surface area contributed by atoms with Crippen LogP contribution in [0.25, 0.3) is 22.5 Å². The van der Waals surface area contributed by atoms with Gasteiger partial charge in [0, 0.05) is 59.9 Å². The highest BCUT2D eigenvalue weighted by Gasteiger charge is 2.32. The standard InChI is InChI=1S/C37H29F6N3O6S2/c1-44(18-22-20-45(53(47,48)28-8-4-6-24(38)14-28)34(36(22)51-2)30-12-10-26(40)16-32(30)42)19-23-21-46(54(49,50)29-9-5-7-25(39)15-29)35(37(23)52-3)31-13-11-27(41)17-33(31)43/h4-17,20-21H,18-19H2,1-3H3. The minimum absolute atomic E-state index is 0.139. The van der Waals surface area contributed by atoms with E-state index in [4.69, 9.17) is 9.47 Å². The largest absolute Gasteiger partial charge is 0.494 e. The van der Waals surface area contributed by atoms with Crippen molar-refractivity contribution in [3.8, 4) is 34.0 Å². The van der Waals surface area contributed by atoms with Gasteiger partial charge in [0.25, 0.3) is 20.0 Å². The molecule has 0 amide bonds. The van der Waals surface area contributed by atoms with Gasteiger partial charge in [0.2, 0.25) is 0 Å². The second kappa shape index (κ2) is 14.7. The van der Waals surface area contributed by atoms with Crippen molar-refractivity contribution in [2.24, 2.45) is 0 Å². The Balaban J connectivity index is 1.48. The number of rotatable bonds is 12. The zero-order valence-corrected chi connectivity index (χ0v) is 30.2. The van der Waals surface area contributed by atoms with Gasteiger partial charge in [-0.3, -0.25) is 4.90 Å². The molecule has 4 aromatic carbocycles. The van der Waals surface area contributed by atoms with Gasteiger partial charge < -0.3 is 9.47 Å². The Labute approximate surface area is 306 Å². The fraction of sp³-hybridized carbons (Fsp3) is 0.135. The van der Waals surface area contributed by atoms with Crippen LogP contribution in [0.2, 0.25) is 0 Å².